The minimum Gasteiger partial charge on any atom is -0.395 e. The van der Waals surface area contributed by atoms with E-state index < -0.39 is 0 Å². The molecule has 1 saturated heterocycles. The number of aromatic nitrogens is 3. The summed E-state index contributed by atoms with van der Waals surface area (Å²) in [6.07, 6.45) is 4.25. The largest absolute Gasteiger partial charge is 0.395 e. The van der Waals surface area contributed by atoms with Crippen molar-refractivity contribution in [2.24, 2.45) is 17.6 Å². The molecule has 2 aromatic carbocycles. The summed E-state index contributed by atoms with van der Waals surface area (Å²) in [4.78, 5) is 15.4. The van der Waals surface area contributed by atoms with Crippen LogP contribution in [0.2, 0.25) is 0 Å². The quantitative estimate of drug-likeness (QED) is 0.227. The van der Waals surface area contributed by atoms with E-state index in [1.807, 2.05) is 0 Å². The maximum Gasteiger partial charge on any atom is 0.272 e. The van der Waals surface area contributed by atoms with Crippen LogP contribution < -0.4 is 20.6 Å². The van der Waals surface area contributed by atoms with Gasteiger partial charge in [-0.2, -0.15) is 0 Å². The summed E-state index contributed by atoms with van der Waals surface area (Å²) in [5.41, 5.74) is 13.5. The first-order valence-electron chi connectivity index (χ1n) is 12.1. The molecule has 198 valence electrons. The second kappa shape index (κ2) is 12.6. The first-order chi connectivity index (χ1) is 18.4. The molecule has 3 heterocycles. The predicted molar refractivity (Wildman–Crippen MR) is 148 cm³/mol. The van der Waals surface area contributed by atoms with Gasteiger partial charge in [-0.15, -0.1) is 3.89 Å². The summed E-state index contributed by atoms with van der Waals surface area (Å²) in [5, 5.41) is 9.35. The van der Waals surface area contributed by atoms with Crippen molar-refractivity contribution in [3.8, 4) is 5.75 Å². The van der Waals surface area contributed by atoms with Gasteiger partial charge < -0.3 is 20.6 Å². The van der Waals surface area contributed by atoms with E-state index in [4.69, 9.17) is 21.1 Å². The molecule has 1 aliphatic heterocycles. The zero-order valence-electron chi connectivity index (χ0n) is 20.8. The van der Waals surface area contributed by atoms with E-state index in [9.17, 15) is 8.28 Å². The van der Waals surface area contributed by atoms with Crippen molar-refractivity contribution < 1.29 is 12.5 Å². The highest BCUT2D eigenvalue weighted by molar-refractivity contribution is 7.89. The third-order valence-electron chi connectivity index (χ3n) is 6.59. The molecule has 8 nitrogen and oxygen atoms in total. The predicted octanol–water partition coefficient (Wildman–Crippen LogP) is 5.18. The van der Waals surface area contributed by atoms with E-state index in [2.05, 4.69) is 26.8 Å². The van der Waals surface area contributed by atoms with E-state index in [0.29, 0.717) is 40.7 Å². The summed E-state index contributed by atoms with van der Waals surface area (Å²) < 4.78 is 29.5. The zero-order valence-corrected chi connectivity index (χ0v) is 21.7. The third-order valence-corrected chi connectivity index (χ3v) is 6.83. The van der Waals surface area contributed by atoms with Crippen molar-refractivity contribution in [2.45, 2.75) is 13.3 Å². The highest BCUT2D eigenvalue weighted by atomic mass is 32.2. The third kappa shape index (κ3) is 6.17. The molecule has 5 N–H and O–H groups in total. The Morgan fingerprint density at radius 1 is 1.16 bits per heavy atom. The lowest BCUT2D eigenvalue weighted by atomic mass is 9.87. The molecule has 2 aromatic heterocycles. The molecule has 0 bridgehead atoms. The zero-order chi connectivity index (χ0) is 27.1. The Bertz CT molecular complexity index is 1390. The Morgan fingerprint density at radius 2 is 1.95 bits per heavy atom. The Kier molecular flexibility index (Phi) is 9.03. The van der Waals surface area contributed by atoms with Gasteiger partial charge in [0.25, 0.3) is 12.4 Å². The fourth-order valence-electron chi connectivity index (χ4n) is 4.50. The second-order valence-electron chi connectivity index (χ2n) is 9.00. The number of pyridine rings is 1. The highest BCUT2D eigenvalue weighted by Gasteiger charge is 2.26. The van der Waals surface area contributed by atoms with Crippen LogP contribution in [0.15, 0.2) is 67.0 Å². The van der Waals surface area contributed by atoms with Gasteiger partial charge in [-0.1, -0.05) is 31.2 Å². The number of nitrogen functional groups attached to an aromatic ring is 1. The number of hydrogen-bond donors (Lipinski definition) is 3. The molecule has 0 aliphatic carbocycles. The number of nitrogens with one attached hydrogen (secondary N) is 1. The molecule has 38 heavy (non-hydrogen) atoms. The lowest BCUT2D eigenvalue weighted by Crippen LogP contribution is -2.42. The Labute approximate surface area is 224 Å². The molecule has 2 atom stereocenters. The summed E-state index contributed by atoms with van der Waals surface area (Å²) >= 11 is -0.248. The molecular formula is C27H29F2N7OS. The Morgan fingerprint density at radius 3 is 2.58 bits per heavy atom. The normalized spacial score (nSPS) is 17.0. The number of rotatable bonds is 6. The van der Waals surface area contributed by atoms with Crippen LogP contribution in [-0.2, 0) is 0 Å². The van der Waals surface area contributed by atoms with Gasteiger partial charge in [0.1, 0.15) is 22.8 Å². The standard InChI is InChI=1S/C21H24FN7OS.C6H5F/c1-12-11-29(8-6-13(12)9-23)17-10-27-20(21(25)28-17)18(24)14-4-5-16(30-31-22)19-15(14)3-2-7-26-19;7-6-4-2-1-3-5-6/h2-5,7,10,12-13,24H,6,8-9,11,23H2,1H3,(H2,25,28);1-5H. The van der Waals surface area contributed by atoms with Gasteiger partial charge in [-0.05, 0) is 55.1 Å². The second-order valence-corrected chi connectivity index (χ2v) is 9.29. The van der Waals surface area contributed by atoms with Crippen molar-refractivity contribution in [2.75, 3.05) is 30.3 Å². The van der Waals surface area contributed by atoms with Crippen LogP contribution in [0.25, 0.3) is 10.9 Å². The van der Waals surface area contributed by atoms with Gasteiger partial charge in [-0.25, -0.2) is 14.4 Å². The number of piperidine rings is 1. The molecule has 0 spiro atoms. The molecule has 2 unspecified atom stereocenters. The van der Waals surface area contributed by atoms with Gasteiger partial charge in [0.05, 0.1) is 11.9 Å². The molecular weight excluding hydrogens is 508 g/mol. The van der Waals surface area contributed by atoms with E-state index >= 15 is 0 Å². The number of halogens is 2. The summed E-state index contributed by atoms with van der Waals surface area (Å²) in [7, 11) is 0. The van der Waals surface area contributed by atoms with Crippen molar-refractivity contribution >= 4 is 40.7 Å². The van der Waals surface area contributed by atoms with E-state index in [1.54, 1.807) is 54.9 Å². The minimum atomic E-state index is -0.248. The summed E-state index contributed by atoms with van der Waals surface area (Å²) in [6, 6.07) is 14.7. The Hall–Kier alpha value is -3.83. The van der Waals surface area contributed by atoms with Crippen LogP contribution in [0.5, 0.6) is 5.75 Å². The van der Waals surface area contributed by atoms with Crippen LogP contribution in [0.3, 0.4) is 0 Å². The van der Waals surface area contributed by atoms with Crippen LogP contribution >= 0.6 is 12.4 Å². The monoisotopic (exact) mass is 537 g/mol. The topological polar surface area (TPSA) is 127 Å². The number of anilines is 2. The average molecular weight is 538 g/mol. The van der Waals surface area contributed by atoms with Gasteiger partial charge in [0, 0.05) is 30.2 Å². The van der Waals surface area contributed by atoms with E-state index in [-0.39, 0.29) is 41.2 Å². The minimum absolute atomic E-state index is 0.115. The molecule has 1 aliphatic rings. The maximum atomic E-state index is 12.6. The van der Waals surface area contributed by atoms with Crippen molar-refractivity contribution in [1.29, 1.82) is 5.41 Å². The Balaban J connectivity index is 0.000000417. The lowest BCUT2D eigenvalue weighted by Gasteiger charge is -2.37. The molecule has 1 fully saturated rings. The van der Waals surface area contributed by atoms with Crippen molar-refractivity contribution in [3.05, 3.63) is 84.1 Å². The molecule has 11 heteroatoms. The summed E-state index contributed by atoms with van der Waals surface area (Å²) in [5.74, 6) is 1.96. The lowest BCUT2D eigenvalue weighted by molar-refractivity contribution is 0.306. The fourth-order valence-corrected chi connectivity index (χ4v) is 4.70. The molecule has 0 radical (unpaired) electrons. The number of fused-ring (bicyclic) bond motifs is 1. The maximum absolute atomic E-state index is 12.6. The van der Waals surface area contributed by atoms with Gasteiger partial charge in [-0.3, -0.25) is 10.4 Å². The number of nitrogens with two attached hydrogens (primary N) is 2. The van der Waals surface area contributed by atoms with E-state index in [0.717, 1.165) is 19.5 Å². The van der Waals surface area contributed by atoms with Crippen molar-refractivity contribution in [3.63, 3.8) is 0 Å². The molecule has 5 rings (SSSR count). The van der Waals surface area contributed by atoms with Gasteiger partial charge in [0.2, 0.25) is 0 Å². The number of benzene rings is 2. The molecule has 0 amide bonds. The first-order valence-corrected chi connectivity index (χ1v) is 12.8. The van der Waals surface area contributed by atoms with Crippen LogP contribution in [0.1, 0.15) is 24.6 Å². The summed E-state index contributed by atoms with van der Waals surface area (Å²) in [6.45, 7) is 4.58. The average Bonchev–Trinajstić information content (AvgIpc) is 2.94. The molecule has 0 saturated carbocycles. The number of hydrogen-bond acceptors (Lipinski definition) is 9. The smallest absolute Gasteiger partial charge is 0.272 e. The van der Waals surface area contributed by atoms with Crippen LogP contribution in [-0.4, -0.2) is 40.3 Å². The van der Waals surface area contributed by atoms with Gasteiger partial charge in [0.15, 0.2) is 11.6 Å². The van der Waals surface area contributed by atoms with E-state index in [1.165, 1.54) is 12.1 Å². The van der Waals surface area contributed by atoms with Gasteiger partial charge >= 0.3 is 0 Å². The van der Waals surface area contributed by atoms with Crippen molar-refractivity contribution in [1.82, 2.24) is 15.0 Å². The fraction of sp³-hybridized carbons (Fsp3) is 0.259. The van der Waals surface area contributed by atoms with Crippen LogP contribution in [0.4, 0.5) is 19.9 Å². The number of nitrogens with zero attached hydrogens (tertiary/aromatic N) is 4. The first kappa shape index (κ1) is 27.2. The highest BCUT2D eigenvalue weighted by Crippen LogP contribution is 2.31. The molecule has 4 aromatic rings. The van der Waals surface area contributed by atoms with Crippen LogP contribution in [0, 0.1) is 23.1 Å². The SMILES string of the molecule is CC1CN(c2cnc(C(=N)c3ccc(OSF)c4ncccc34)c(N)n2)CCC1CN.Fc1ccccc1.